The fourth-order valence-corrected chi connectivity index (χ4v) is 2.53. The molecule has 1 aromatic carbocycles. The molecule has 1 aliphatic rings. The van der Waals surface area contributed by atoms with Crippen LogP contribution in [0.15, 0.2) is 18.2 Å². The third-order valence-corrected chi connectivity index (χ3v) is 3.44. The van der Waals surface area contributed by atoms with Crippen LogP contribution in [-0.2, 0) is 6.42 Å². The van der Waals surface area contributed by atoms with Crippen molar-refractivity contribution in [2.45, 2.75) is 32.2 Å². The van der Waals surface area contributed by atoms with Crippen LogP contribution in [0.25, 0.3) is 0 Å². The van der Waals surface area contributed by atoms with Gasteiger partial charge in [-0.2, -0.15) is 0 Å². The molecule has 0 bridgehead atoms. The highest BCUT2D eigenvalue weighted by Crippen LogP contribution is 2.29. The van der Waals surface area contributed by atoms with Gasteiger partial charge in [-0.25, -0.2) is 0 Å². The summed E-state index contributed by atoms with van der Waals surface area (Å²) in [7, 11) is 0. The number of rotatable bonds is 4. The number of anilines is 1. The second-order valence-electron chi connectivity index (χ2n) is 4.77. The van der Waals surface area contributed by atoms with Gasteiger partial charge < -0.3 is 15.7 Å². The molecule has 0 saturated heterocycles. The van der Waals surface area contributed by atoms with Gasteiger partial charge in [0.2, 0.25) is 0 Å². The first-order chi connectivity index (χ1) is 8.26. The number of nitrogens with two attached hydrogens (primary N) is 1. The Morgan fingerprint density at radius 2 is 2.29 bits per heavy atom. The van der Waals surface area contributed by atoms with Crippen molar-refractivity contribution in [1.29, 1.82) is 0 Å². The van der Waals surface area contributed by atoms with E-state index in [9.17, 15) is 0 Å². The first-order valence-electron chi connectivity index (χ1n) is 6.50. The number of hydrogen-bond acceptors (Lipinski definition) is 3. The number of nitrogens with zero attached hydrogens (tertiary/aromatic N) is 1. The van der Waals surface area contributed by atoms with Crippen LogP contribution in [0.5, 0.6) is 0 Å². The molecule has 0 fully saturated rings. The minimum absolute atomic E-state index is 0.0114. The van der Waals surface area contributed by atoms with Gasteiger partial charge in [-0.3, -0.25) is 0 Å². The molecule has 17 heavy (non-hydrogen) atoms. The summed E-state index contributed by atoms with van der Waals surface area (Å²) in [4.78, 5) is 2.45. The maximum Gasteiger partial charge on any atom is 0.0624 e. The quantitative estimate of drug-likeness (QED) is 0.835. The molecule has 3 nitrogen and oxygen atoms in total. The number of aryl methyl sites for hydroxylation is 1. The summed E-state index contributed by atoms with van der Waals surface area (Å²) in [6.07, 6.45) is 3.52. The Morgan fingerprint density at radius 1 is 1.47 bits per heavy atom. The first kappa shape index (κ1) is 12.4. The van der Waals surface area contributed by atoms with Crippen molar-refractivity contribution in [1.82, 2.24) is 0 Å². The van der Waals surface area contributed by atoms with E-state index in [2.05, 4.69) is 24.0 Å². The number of aliphatic hydroxyl groups excluding tert-OH is 1. The van der Waals surface area contributed by atoms with Gasteiger partial charge in [0.05, 0.1) is 12.6 Å². The molecule has 2 rings (SSSR count). The standard InChI is InChI=1S/C14H22N2O/c1-2-7-16-8-3-4-12-9-11(13(15)10-17)5-6-14(12)16/h5-6,9,13,17H,2-4,7-8,10,15H2,1H3/t13-/m1/s1. The topological polar surface area (TPSA) is 49.5 Å². The molecule has 1 aromatic rings. The number of fused-ring (bicyclic) bond motifs is 1. The van der Waals surface area contributed by atoms with Crippen LogP contribution >= 0.6 is 0 Å². The lowest BCUT2D eigenvalue weighted by atomic mass is 9.96. The van der Waals surface area contributed by atoms with Crippen molar-refractivity contribution in [3.8, 4) is 0 Å². The molecule has 0 aliphatic carbocycles. The van der Waals surface area contributed by atoms with E-state index in [1.165, 1.54) is 24.1 Å². The maximum absolute atomic E-state index is 9.09. The monoisotopic (exact) mass is 234 g/mol. The Kier molecular flexibility index (Phi) is 4.02. The summed E-state index contributed by atoms with van der Waals surface area (Å²) in [5.74, 6) is 0. The molecule has 0 spiro atoms. The van der Waals surface area contributed by atoms with Gasteiger partial charge in [-0.1, -0.05) is 19.1 Å². The fourth-order valence-electron chi connectivity index (χ4n) is 2.53. The van der Waals surface area contributed by atoms with Gasteiger partial charge in [-0.15, -0.1) is 0 Å². The van der Waals surface area contributed by atoms with Gasteiger partial charge in [0.15, 0.2) is 0 Å². The number of hydrogen-bond donors (Lipinski definition) is 2. The molecule has 0 radical (unpaired) electrons. The normalized spacial score (nSPS) is 16.8. The Labute approximate surface area is 103 Å². The Bertz CT molecular complexity index is 378. The predicted octanol–water partition coefficient (Wildman–Crippen LogP) is 1.84. The lowest BCUT2D eigenvalue weighted by molar-refractivity contribution is 0.268. The van der Waals surface area contributed by atoms with Crippen molar-refractivity contribution in [2.75, 3.05) is 24.6 Å². The van der Waals surface area contributed by atoms with Crippen LogP contribution in [0.4, 0.5) is 5.69 Å². The Hall–Kier alpha value is -1.06. The van der Waals surface area contributed by atoms with Gasteiger partial charge in [0.25, 0.3) is 0 Å². The second-order valence-corrected chi connectivity index (χ2v) is 4.77. The van der Waals surface area contributed by atoms with E-state index in [0.717, 1.165) is 25.1 Å². The van der Waals surface area contributed by atoms with Gasteiger partial charge in [0, 0.05) is 18.8 Å². The molecule has 1 atom stereocenters. The zero-order chi connectivity index (χ0) is 12.3. The predicted molar refractivity (Wildman–Crippen MR) is 71.3 cm³/mol. The molecule has 0 unspecified atom stereocenters. The molecule has 3 N–H and O–H groups in total. The highest BCUT2D eigenvalue weighted by Gasteiger charge is 2.17. The lowest BCUT2D eigenvalue weighted by Crippen LogP contribution is -2.30. The van der Waals surface area contributed by atoms with Crippen LogP contribution < -0.4 is 10.6 Å². The fraction of sp³-hybridized carbons (Fsp3) is 0.571. The van der Waals surface area contributed by atoms with Crippen LogP contribution in [0, 0.1) is 0 Å². The van der Waals surface area contributed by atoms with Crippen molar-refractivity contribution >= 4 is 5.69 Å². The van der Waals surface area contributed by atoms with Gasteiger partial charge in [-0.05, 0) is 36.5 Å². The minimum atomic E-state index is -0.248. The molecular formula is C14H22N2O. The first-order valence-corrected chi connectivity index (χ1v) is 6.50. The highest BCUT2D eigenvalue weighted by molar-refractivity contribution is 5.57. The van der Waals surface area contributed by atoms with Gasteiger partial charge in [0.1, 0.15) is 0 Å². The second kappa shape index (κ2) is 5.52. The summed E-state index contributed by atoms with van der Waals surface area (Å²) in [5.41, 5.74) is 9.64. The van der Waals surface area contributed by atoms with Crippen molar-refractivity contribution in [3.63, 3.8) is 0 Å². The molecule has 0 amide bonds. The Balaban J connectivity index is 2.26. The van der Waals surface area contributed by atoms with Gasteiger partial charge >= 0.3 is 0 Å². The van der Waals surface area contributed by atoms with Crippen LogP contribution in [0.3, 0.4) is 0 Å². The van der Waals surface area contributed by atoms with E-state index in [4.69, 9.17) is 10.8 Å². The maximum atomic E-state index is 9.09. The smallest absolute Gasteiger partial charge is 0.0624 e. The number of benzene rings is 1. The summed E-state index contributed by atoms with van der Waals surface area (Å²) in [5, 5.41) is 9.09. The molecule has 94 valence electrons. The van der Waals surface area contributed by atoms with E-state index in [1.807, 2.05) is 6.07 Å². The highest BCUT2D eigenvalue weighted by atomic mass is 16.3. The average molecular weight is 234 g/mol. The average Bonchev–Trinajstić information content (AvgIpc) is 2.38. The molecule has 3 heteroatoms. The lowest BCUT2D eigenvalue weighted by Gasteiger charge is -2.31. The zero-order valence-corrected chi connectivity index (χ0v) is 10.5. The van der Waals surface area contributed by atoms with E-state index in [1.54, 1.807) is 0 Å². The third kappa shape index (κ3) is 2.61. The van der Waals surface area contributed by atoms with Crippen LogP contribution in [0.2, 0.25) is 0 Å². The molecule has 0 saturated carbocycles. The third-order valence-electron chi connectivity index (χ3n) is 3.44. The summed E-state index contributed by atoms with van der Waals surface area (Å²) >= 11 is 0. The SMILES string of the molecule is CCCN1CCCc2cc([C@H](N)CO)ccc21. The van der Waals surface area contributed by atoms with E-state index < -0.39 is 0 Å². The van der Waals surface area contributed by atoms with Crippen LogP contribution in [-0.4, -0.2) is 24.8 Å². The summed E-state index contributed by atoms with van der Waals surface area (Å²) in [6, 6.07) is 6.13. The van der Waals surface area contributed by atoms with Crippen molar-refractivity contribution in [3.05, 3.63) is 29.3 Å². The van der Waals surface area contributed by atoms with E-state index >= 15 is 0 Å². The molecule has 1 heterocycles. The van der Waals surface area contributed by atoms with Crippen LogP contribution in [0.1, 0.15) is 36.9 Å². The Morgan fingerprint density at radius 3 is 3.00 bits per heavy atom. The van der Waals surface area contributed by atoms with E-state index in [-0.39, 0.29) is 12.6 Å². The summed E-state index contributed by atoms with van der Waals surface area (Å²) in [6.45, 7) is 4.51. The molecule has 0 aromatic heterocycles. The molecule has 1 aliphatic heterocycles. The molecular weight excluding hydrogens is 212 g/mol. The minimum Gasteiger partial charge on any atom is -0.394 e. The largest absolute Gasteiger partial charge is 0.394 e. The summed E-state index contributed by atoms with van der Waals surface area (Å²) < 4.78 is 0. The number of aliphatic hydroxyl groups is 1. The van der Waals surface area contributed by atoms with E-state index in [0.29, 0.717) is 0 Å². The van der Waals surface area contributed by atoms with Crippen molar-refractivity contribution < 1.29 is 5.11 Å². The van der Waals surface area contributed by atoms with Crippen molar-refractivity contribution in [2.24, 2.45) is 5.73 Å². The zero-order valence-electron chi connectivity index (χ0n) is 10.5.